The standard InChI is InChI=1S/C18H16Cl2N4O/c1-11-16(9-15(25)7-13-5-6-21-18(20)8-13)23-12(2)24(11)14-3-4-17(19)22-10-14/h3-6,8,10H,7,9H2,1-2H3. The molecule has 0 atom stereocenters. The minimum absolute atomic E-state index is 0.0734. The van der Waals surface area contributed by atoms with Crippen molar-refractivity contribution in [2.75, 3.05) is 0 Å². The van der Waals surface area contributed by atoms with Crippen LogP contribution >= 0.6 is 23.2 Å². The van der Waals surface area contributed by atoms with Crippen molar-refractivity contribution < 1.29 is 4.79 Å². The Morgan fingerprint density at radius 2 is 1.88 bits per heavy atom. The zero-order valence-electron chi connectivity index (χ0n) is 13.8. The van der Waals surface area contributed by atoms with Crippen molar-refractivity contribution in [1.82, 2.24) is 19.5 Å². The van der Waals surface area contributed by atoms with E-state index >= 15 is 0 Å². The molecule has 128 valence electrons. The summed E-state index contributed by atoms with van der Waals surface area (Å²) in [7, 11) is 0. The Hall–Kier alpha value is -2.24. The van der Waals surface area contributed by atoms with Crippen LogP contribution in [-0.2, 0) is 17.6 Å². The van der Waals surface area contributed by atoms with Crippen LogP contribution in [0.3, 0.4) is 0 Å². The van der Waals surface area contributed by atoms with E-state index in [9.17, 15) is 4.79 Å². The van der Waals surface area contributed by atoms with Crippen LogP contribution in [0.25, 0.3) is 5.69 Å². The van der Waals surface area contributed by atoms with Crippen molar-refractivity contribution in [3.05, 3.63) is 69.7 Å². The molecule has 0 aliphatic rings. The van der Waals surface area contributed by atoms with E-state index in [1.807, 2.05) is 24.5 Å². The van der Waals surface area contributed by atoms with Crippen LogP contribution in [0.1, 0.15) is 22.8 Å². The highest BCUT2D eigenvalue weighted by Crippen LogP contribution is 2.19. The van der Waals surface area contributed by atoms with Gasteiger partial charge in [-0.3, -0.25) is 9.36 Å². The number of ketones is 1. The third-order valence-corrected chi connectivity index (χ3v) is 4.33. The minimum atomic E-state index is 0.0734. The van der Waals surface area contributed by atoms with E-state index in [0.29, 0.717) is 16.7 Å². The molecule has 3 rings (SSSR count). The number of rotatable bonds is 5. The molecule has 0 aliphatic heterocycles. The Morgan fingerprint density at radius 3 is 2.56 bits per heavy atom. The van der Waals surface area contributed by atoms with Gasteiger partial charge in [-0.25, -0.2) is 15.0 Å². The van der Waals surface area contributed by atoms with Gasteiger partial charge in [-0.05, 0) is 43.7 Å². The Balaban J connectivity index is 1.80. The smallest absolute Gasteiger partial charge is 0.143 e. The second kappa shape index (κ2) is 7.33. The Kier molecular flexibility index (Phi) is 5.16. The average Bonchev–Trinajstić information content (AvgIpc) is 2.82. The van der Waals surface area contributed by atoms with Crippen molar-refractivity contribution in [2.24, 2.45) is 0 Å². The van der Waals surface area contributed by atoms with Crippen LogP contribution in [0.5, 0.6) is 0 Å². The van der Waals surface area contributed by atoms with Crippen LogP contribution in [0.4, 0.5) is 0 Å². The zero-order valence-corrected chi connectivity index (χ0v) is 15.3. The molecule has 0 N–H and O–H groups in total. The lowest BCUT2D eigenvalue weighted by Gasteiger charge is -2.07. The Morgan fingerprint density at radius 1 is 1.08 bits per heavy atom. The van der Waals surface area contributed by atoms with Gasteiger partial charge in [-0.15, -0.1) is 0 Å². The fourth-order valence-electron chi connectivity index (χ4n) is 2.78. The van der Waals surface area contributed by atoms with E-state index in [1.54, 1.807) is 30.6 Å². The molecule has 5 nitrogen and oxygen atoms in total. The maximum absolute atomic E-state index is 12.4. The minimum Gasteiger partial charge on any atom is -0.299 e. The first-order valence-electron chi connectivity index (χ1n) is 7.73. The van der Waals surface area contributed by atoms with E-state index in [1.165, 1.54) is 0 Å². The number of halogens is 2. The monoisotopic (exact) mass is 374 g/mol. The van der Waals surface area contributed by atoms with Gasteiger partial charge in [0.2, 0.25) is 0 Å². The molecule has 0 amide bonds. The molecule has 3 aromatic rings. The summed E-state index contributed by atoms with van der Waals surface area (Å²) in [6, 6.07) is 7.10. The van der Waals surface area contributed by atoms with Gasteiger partial charge in [0.05, 0.1) is 24.0 Å². The molecule has 0 aliphatic carbocycles. The number of hydrogen-bond donors (Lipinski definition) is 0. The number of carbonyl (C=O) groups excluding carboxylic acids is 1. The highest BCUT2D eigenvalue weighted by Gasteiger charge is 2.16. The predicted molar refractivity (Wildman–Crippen MR) is 97.5 cm³/mol. The summed E-state index contributed by atoms with van der Waals surface area (Å²) >= 11 is 11.7. The maximum atomic E-state index is 12.4. The van der Waals surface area contributed by atoms with Crippen molar-refractivity contribution in [2.45, 2.75) is 26.7 Å². The molecule has 0 saturated heterocycles. The quantitative estimate of drug-likeness (QED) is 0.634. The second-order valence-electron chi connectivity index (χ2n) is 5.74. The van der Waals surface area contributed by atoms with Gasteiger partial charge in [-0.1, -0.05) is 23.2 Å². The van der Waals surface area contributed by atoms with Crippen molar-refractivity contribution in [1.29, 1.82) is 0 Å². The molecule has 3 heterocycles. The molecular weight excluding hydrogens is 359 g/mol. The normalized spacial score (nSPS) is 10.9. The molecule has 0 unspecified atom stereocenters. The summed E-state index contributed by atoms with van der Waals surface area (Å²) in [4.78, 5) is 25.0. The Labute approximate surface area is 155 Å². The Bertz CT molecular complexity index is 919. The summed E-state index contributed by atoms with van der Waals surface area (Å²) in [5, 5.41) is 0.822. The summed E-state index contributed by atoms with van der Waals surface area (Å²) in [6.07, 6.45) is 3.86. The number of aromatic nitrogens is 4. The van der Waals surface area contributed by atoms with Crippen molar-refractivity contribution in [3.63, 3.8) is 0 Å². The van der Waals surface area contributed by atoms with Gasteiger partial charge >= 0.3 is 0 Å². The molecule has 7 heteroatoms. The fourth-order valence-corrected chi connectivity index (χ4v) is 3.08. The second-order valence-corrected chi connectivity index (χ2v) is 6.52. The summed E-state index contributed by atoms with van der Waals surface area (Å²) < 4.78 is 1.97. The highest BCUT2D eigenvalue weighted by molar-refractivity contribution is 6.29. The van der Waals surface area contributed by atoms with Gasteiger partial charge in [0.25, 0.3) is 0 Å². The molecule has 0 saturated carbocycles. The fraction of sp³-hybridized carbons (Fsp3) is 0.222. The average molecular weight is 375 g/mol. The summed E-state index contributed by atoms with van der Waals surface area (Å²) in [6.45, 7) is 3.85. The van der Waals surface area contributed by atoms with Crippen LogP contribution < -0.4 is 0 Å². The molecule has 0 spiro atoms. The van der Waals surface area contributed by atoms with E-state index in [4.69, 9.17) is 23.2 Å². The van der Waals surface area contributed by atoms with Gasteiger partial charge in [0.15, 0.2) is 0 Å². The lowest BCUT2D eigenvalue weighted by atomic mass is 10.1. The van der Waals surface area contributed by atoms with Crippen LogP contribution in [0, 0.1) is 13.8 Å². The van der Waals surface area contributed by atoms with Gasteiger partial charge in [0, 0.05) is 18.3 Å². The third-order valence-electron chi connectivity index (χ3n) is 3.90. The van der Waals surface area contributed by atoms with Crippen molar-refractivity contribution in [3.8, 4) is 5.69 Å². The van der Waals surface area contributed by atoms with Crippen LogP contribution in [-0.4, -0.2) is 25.3 Å². The SMILES string of the molecule is Cc1nc(CC(=O)Cc2ccnc(Cl)c2)c(C)n1-c1ccc(Cl)nc1. The molecular formula is C18H16Cl2N4O. The molecule has 0 fully saturated rings. The van der Waals surface area contributed by atoms with E-state index in [0.717, 1.165) is 28.5 Å². The number of imidazole rings is 1. The zero-order chi connectivity index (χ0) is 18.0. The van der Waals surface area contributed by atoms with E-state index in [-0.39, 0.29) is 12.2 Å². The van der Waals surface area contributed by atoms with E-state index < -0.39 is 0 Å². The van der Waals surface area contributed by atoms with E-state index in [2.05, 4.69) is 15.0 Å². The first-order chi connectivity index (χ1) is 11.9. The molecule has 0 aromatic carbocycles. The number of carbonyl (C=O) groups is 1. The lowest BCUT2D eigenvalue weighted by Crippen LogP contribution is -2.08. The summed E-state index contributed by atoms with van der Waals surface area (Å²) in [5.74, 6) is 0.876. The predicted octanol–water partition coefficient (Wildman–Crippen LogP) is 3.94. The topological polar surface area (TPSA) is 60.7 Å². The maximum Gasteiger partial charge on any atom is 0.143 e. The van der Waals surface area contributed by atoms with Gasteiger partial charge in [0.1, 0.15) is 21.9 Å². The van der Waals surface area contributed by atoms with Crippen LogP contribution in [0.2, 0.25) is 10.3 Å². The number of pyridine rings is 2. The molecule has 0 bridgehead atoms. The first-order valence-corrected chi connectivity index (χ1v) is 8.48. The molecule has 25 heavy (non-hydrogen) atoms. The van der Waals surface area contributed by atoms with Crippen LogP contribution in [0.15, 0.2) is 36.7 Å². The lowest BCUT2D eigenvalue weighted by molar-refractivity contribution is -0.117. The number of nitrogens with zero attached hydrogens (tertiary/aromatic N) is 4. The van der Waals surface area contributed by atoms with Gasteiger partial charge < -0.3 is 0 Å². The molecule has 3 aromatic heterocycles. The number of Topliss-reactive ketones (excluding diaryl/α,β-unsaturated/α-hetero) is 1. The summed E-state index contributed by atoms with van der Waals surface area (Å²) in [5.41, 5.74) is 3.40. The largest absolute Gasteiger partial charge is 0.299 e. The third kappa shape index (κ3) is 4.06. The number of aryl methyl sites for hydroxylation is 1. The van der Waals surface area contributed by atoms with Gasteiger partial charge in [-0.2, -0.15) is 0 Å². The van der Waals surface area contributed by atoms with Crippen molar-refractivity contribution >= 4 is 29.0 Å². The first kappa shape index (κ1) is 17.6. The number of hydrogen-bond acceptors (Lipinski definition) is 4. The highest BCUT2D eigenvalue weighted by atomic mass is 35.5. The molecule has 0 radical (unpaired) electrons.